The Morgan fingerprint density at radius 3 is 2.91 bits per heavy atom. The van der Waals surface area contributed by atoms with Gasteiger partial charge in [0.1, 0.15) is 0 Å². The standard InChI is InChI=1S/C17H24N2O2.ClH/c1-2-21-12-13-4-3-5-14(10-13)19-16(20)15-11-17(15)6-8-18-9-7-17;/h3-5,10,15,18H,2,6-9,11-12H2,1H3,(H,19,20);1H. The molecule has 1 aliphatic carbocycles. The average molecular weight is 325 g/mol. The first kappa shape index (κ1) is 17.3. The summed E-state index contributed by atoms with van der Waals surface area (Å²) in [4.78, 5) is 12.4. The van der Waals surface area contributed by atoms with E-state index >= 15 is 0 Å². The molecule has 1 spiro atoms. The highest BCUT2D eigenvalue weighted by Gasteiger charge is 2.57. The molecular weight excluding hydrogens is 300 g/mol. The van der Waals surface area contributed by atoms with Crippen LogP contribution in [0.15, 0.2) is 24.3 Å². The molecule has 1 saturated heterocycles. The van der Waals surface area contributed by atoms with Crippen LogP contribution in [0, 0.1) is 11.3 Å². The van der Waals surface area contributed by atoms with Gasteiger partial charge < -0.3 is 15.4 Å². The van der Waals surface area contributed by atoms with Gasteiger partial charge in [-0.05, 0) is 62.4 Å². The van der Waals surface area contributed by atoms with Crippen LogP contribution in [0.1, 0.15) is 31.7 Å². The van der Waals surface area contributed by atoms with Crippen molar-refractivity contribution in [2.45, 2.75) is 32.8 Å². The number of benzene rings is 1. The molecule has 2 fully saturated rings. The summed E-state index contributed by atoms with van der Waals surface area (Å²) in [5.74, 6) is 0.389. The van der Waals surface area contributed by atoms with Crippen LogP contribution in [-0.4, -0.2) is 25.6 Å². The molecule has 0 aromatic heterocycles. The van der Waals surface area contributed by atoms with Crippen molar-refractivity contribution in [3.8, 4) is 0 Å². The van der Waals surface area contributed by atoms with Crippen molar-refractivity contribution in [1.82, 2.24) is 5.32 Å². The fourth-order valence-electron chi connectivity index (χ4n) is 3.38. The van der Waals surface area contributed by atoms with Crippen LogP contribution < -0.4 is 10.6 Å². The average Bonchev–Trinajstić information content (AvgIpc) is 3.20. The smallest absolute Gasteiger partial charge is 0.228 e. The number of nitrogens with one attached hydrogen (secondary N) is 2. The van der Waals surface area contributed by atoms with Crippen LogP contribution in [0.3, 0.4) is 0 Å². The van der Waals surface area contributed by atoms with E-state index in [-0.39, 0.29) is 29.6 Å². The van der Waals surface area contributed by atoms with Crippen molar-refractivity contribution in [2.75, 3.05) is 25.0 Å². The molecule has 3 rings (SSSR count). The Morgan fingerprint density at radius 1 is 1.41 bits per heavy atom. The van der Waals surface area contributed by atoms with E-state index in [1.165, 1.54) is 0 Å². The molecule has 0 radical (unpaired) electrons. The molecule has 1 heterocycles. The molecule has 2 N–H and O–H groups in total. The molecule has 122 valence electrons. The Balaban J connectivity index is 0.00000176. The Morgan fingerprint density at radius 2 is 2.18 bits per heavy atom. The number of anilines is 1. The number of carbonyl (C=O) groups excluding carboxylic acids is 1. The minimum atomic E-state index is 0. The second-order valence-corrected chi connectivity index (χ2v) is 6.20. The minimum absolute atomic E-state index is 0. The van der Waals surface area contributed by atoms with E-state index in [2.05, 4.69) is 10.6 Å². The van der Waals surface area contributed by atoms with Crippen LogP contribution in [0.4, 0.5) is 5.69 Å². The predicted molar refractivity (Wildman–Crippen MR) is 90.3 cm³/mol. The summed E-state index contributed by atoms with van der Waals surface area (Å²) in [6, 6.07) is 7.95. The fourth-order valence-corrected chi connectivity index (χ4v) is 3.38. The Bertz CT molecular complexity index is 515. The van der Waals surface area contributed by atoms with E-state index in [1.807, 2.05) is 31.2 Å². The van der Waals surface area contributed by atoms with Gasteiger partial charge in [-0.2, -0.15) is 0 Å². The van der Waals surface area contributed by atoms with Gasteiger partial charge in [0.15, 0.2) is 0 Å². The number of halogens is 1. The molecule has 22 heavy (non-hydrogen) atoms. The number of hydrogen-bond donors (Lipinski definition) is 2. The Labute approximate surface area is 138 Å². The lowest BCUT2D eigenvalue weighted by molar-refractivity contribution is -0.118. The molecule has 1 unspecified atom stereocenters. The number of rotatable bonds is 5. The van der Waals surface area contributed by atoms with Crippen LogP contribution in [0.2, 0.25) is 0 Å². The van der Waals surface area contributed by atoms with Crippen LogP contribution in [0.25, 0.3) is 0 Å². The molecule has 2 aliphatic rings. The Kier molecular flexibility index (Phi) is 5.84. The minimum Gasteiger partial charge on any atom is -0.377 e. The zero-order valence-corrected chi connectivity index (χ0v) is 13.9. The van der Waals surface area contributed by atoms with E-state index in [1.54, 1.807) is 0 Å². The molecule has 1 aromatic carbocycles. The number of amides is 1. The zero-order chi connectivity index (χ0) is 14.7. The highest BCUT2D eigenvalue weighted by atomic mass is 35.5. The molecular formula is C17H25ClN2O2. The number of piperidine rings is 1. The normalized spacial score (nSPS) is 22.0. The van der Waals surface area contributed by atoms with E-state index in [0.29, 0.717) is 13.2 Å². The first-order chi connectivity index (χ1) is 10.2. The quantitative estimate of drug-likeness (QED) is 0.875. The second-order valence-electron chi connectivity index (χ2n) is 6.20. The number of carbonyl (C=O) groups is 1. The monoisotopic (exact) mass is 324 g/mol. The SMILES string of the molecule is CCOCc1cccc(NC(=O)C2CC23CCNCC3)c1.Cl. The molecule has 1 atom stereocenters. The molecule has 1 aromatic rings. The van der Waals surface area contributed by atoms with Crippen LogP contribution >= 0.6 is 12.4 Å². The van der Waals surface area contributed by atoms with Crippen molar-refractivity contribution in [1.29, 1.82) is 0 Å². The highest BCUT2D eigenvalue weighted by molar-refractivity contribution is 5.95. The highest BCUT2D eigenvalue weighted by Crippen LogP contribution is 2.58. The Hall–Kier alpha value is -1.10. The lowest BCUT2D eigenvalue weighted by atomic mass is 9.92. The lowest BCUT2D eigenvalue weighted by Gasteiger charge is -2.23. The summed E-state index contributed by atoms with van der Waals surface area (Å²) in [5, 5.41) is 6.45. The van der Waals surface area contributed by atoms with Gasteiger partial charge in [-0.3, -0.25) is 4.79 Å². The van der Waals surface area contributed by atoms with E-state index in [0.717, 1.165) is 43.6 Å². The van der Waals surface area contributed by atoms with Gasteiger partial charge in [0.2, 0.25) is 5.91 Å². The molecule has 4 nitrogen and oxygen atoms in total. The summed E-state index contributed by atoms with van der Waals surface area (Å²) in [6.07, 6.45) is 3.32. The van der Waals surface area contributed by atoms with Crippen molar-refractivity contribution in [3.63, 3.8) is 0 Å². The van der Waals surface area contributed by atoms with Crippen molar-refractivity contribution < 1.29 is 9.53 Å². The van der Waals surface area contributed by atoms with Gasteiger partial charge in [0.25, 0.3) is 0 Å². The third kappa shape index (κ3) is 3.80. The van der Waals surface area contributed by atoms with E-state index in [9.17, 15) is 4.79 Å². The maximum Gasteiger partial charge on any atom is 0.228 e. The van der Waals surface area contributed by atoms with Gasteiger partial charge in [-0.25, -0.2) is 0 Å². The maximum atomic E-state index is 12.4. The molecule has 0 bridgehead atoms. The van der Waals surface area contributed by atoms with Crippen molar-refractivity contribution in [3.05, 3.63) is 29.8 Å². The zero-order valence-electron chi connectivity index (χ0n) is 13.1. The summed E-state index contributed by atoms with van der Waals surface area (Å²) >= 11 is 0. The number of ether oxygens (including phenoxy) is 1. The summed E-state index contributed by atoms with van der Waals surface area (Å²) < 4.78 is 5.41. The summed E-state index contributed by atoms with van der Waals surface area (Å²) in [6.45, 7) is 5.38. The fraction of sp³-hybridized carbons (Fsp3) is 0.588. The lowest BCUT2D eigenvalue weighted by Crippen LogP contribution is -2.31. The summed E-state index contributed by atoms with van der Waals surface area (Å²) in [7, 11) is 0. The van der Waals surface area contributed by atoms with Crippen LogP contribution in [-0.2, 0) is 16.1 Å². The van der Waals surface area contributed by atoms with Gasteiger partial charge in [0.05, 0.1) is 6.61 Å². The molecule has 1 amide bonds. The molecule has 1 saturated carbocycles. The van der Waals surface area contributed by atoms with Gasteiger partial charge in [-0.1, -0.05) is 12.1 Å². The third-order valence-corrected chi connectivity index (χ3v) is 4.77. The third-order valence-electron chi connectivity index (χ3n) is 4.77. The van der Waals surface area contributed by atoms with Gasteiger partial charge >= 0.3 is 0 Å². The molecule has 1 aliphatic heterocycles. The number of hydrogen-bond acceptors (Lipinski definition) is 3. The van der Waals surface area contributed by atoms with E-state index < -0.39 is 0 Å². The van der Waals surface area contributed by atoms with Gasteiger partial charge in [-0.15, -0.1) is 12.4 Å². The first-order valence-corrected chi connectivity index (χ1v) is 7.92. The van der Waals surface area contributed by atoms with Crippen LogP contribution in [0.5, 0.6) is 0 Å². The molecule has 5 heteroatoms. The first-order valence-electron chi connectivity index (χ1n) is 7.92. The second kappa shape index (κ2) is 7.44. The van der Waals surface area contributed by atoms with Gasteiger partial charge in [0, 0.05) is 18.2 Å². The predicted octanol–water partition coefficient (Wildman–Crippen LogP) is 2.97. The maximum absolute atomic E-state index is 12.4. The summed E-state index contributed by atoms with van der Waals surface area (Å²) in [5.41, 5.74) is 2.27. The van der Waals surface area contributed by atoms with Crippen molar-refractivity contribution >= 4 is 24.0 Å². The van der Waals surface area contributed by atoms with E-state index in [4.69, 9.17) is 4.74 Å². The topological polar surface area (TPSA) is 50.4 Å². The van der Waals surface area contributed by atoms with Crippen molar-refractivity contribution in [2.24, 2.45) is 11.3 Å². The largest absolute Gasteiger partial charge is 0.377 e.